The molecule has 1 heterocycles. The van der Waals surface area contributed by atoms with Gasteiger partial charge in [0.2, 0.25) is 0 Å². The molecule has 1 aliphatic rings. The fraction of sp³-hybridized carbons (Fsp3) is 0.250. The molecule has 2 rings (SSSR count). The summed E-state index contributed by atoms with van der Waals surface area (Å²) in [4.78, 5) is 0. The molecule has 0 bridgehead atoms. The molecule has 0 amide bonds. The van der Waals surface area contributed by atoms with Crippen molar-refractivity contribution in [2.24, 2.45) is 0 Å². The van der Waals surface area contributed by atoms with E-state index in [1.807, 2.05) is 0 Å². The molecule has 0 saturated carbocycles. The molecule has 12 heteroatoms. The van der Waals surface area contributed by atoms with Gasteiger partial charge in [-0.3, -0.25) is 4.70 Å². The molecule has 0 radical (unpaired) electrons. The van der Waals surface area contributed by atoms with E-state index in [4.69, 9.17) is 0 Å². The Balaban J connectivity index is 0.00000200. The van der Waals surface area contributed by atoms with Crippen LogP contribution in [-0.2, 0) is 0 Å². The third-order valence-electron chi connectivity index (χ3n) is 3.06. The summed E-state index contributed by atoms with van der Waals surface area (Å²) in [7, 11) is -12.7. The first-order valence-electron chi connectivity index (χ1n) is 5.17. The van der Waals surface area contributed by atoms with Crippen LogP contribution in [-0.4, -0.2) is 23.0 Å². The zero-order valence-electron chi connectivity index (χ0n) is 10.5. The average Bonchev–Trinajstić information content (AvgIpc) is 2.36. The minimum Gasteiger partial charge on any atom is -0.269 e. The van der Waals surface area contributed by atoms with E-state index >= 15 is 0 Å². The quantitative estimate of drug-likeness (QED) is 0.472. The summed E-state index contributed by atoms with van der Waals surface area (Å²) >= 11 is 0. The van der Waals surface area contributed by atoms with Gasteiger partial charge >= 0.3 is 106 Å². The first kappa shape index (κ1) is 17.4. The van der Waals surface area contributed by atoms with Gasteiger partial charge in [-0.05, 0) is 0 Å². The van der Waals surface area contributed by atoms with Crippen LogP contribution in [0.5, 0.6) is 0 Å². The van der Waals surface area contributed by atoms with E-state index in [-0.39, 0.29) is 10.4 Å². The van der Waals surface area contributed by atoms with Crippen LogP contribution < -0.4 is 10.6 Å². The van der Waals surface area contributed by atoms with Crippen LogP contribution in [0.3, 0.4) is 0 Å². The van der Waals surface area contributed by atoms with Crippen molar-refractivity contribution in [3.05, 3.63) is 30.3 Å². The second-order valence-corrected chi connectivity index (χ2v) is 10.5. The van der Waals surface area contributed by atoms with Crippen molar-refractivity contribution < 1.29 is 25.7 Å². The minimum atomic E-state index is -7.10. The van der Waals surface area contributed by atoms with Crippen LogP contribution in [0, 0.1) is 0 Å². The Hall–Kier alpha value is -0.660. The summed E-state index contributed by atoms with van der Waals surface area (Å²) in [6.07, 6.45) is 0. The molecule has 1 saturated heterocycles. The van der Waals surface area contributed by atoms with Crippen LogP contribution >= 0.6 is 15.5 Å². The Kier molecular flexibility index (Phi) is 3.84. The second kappa shape index (κ2) is 4.42. The number of nitrogens with one attached hydrogen (secondary N) is 2. The van der Waals surface area contributed by atoms with Gasteiger partial charge in [0.05, 0.1) is 0 Å². The van der Waals surface area contributed by atoms with Gasteiger partial charge in [0.1, 0.15) is 0 Å². The van der Waals surface area contributed by atoms with E-state index in [0.29, 0.717) is 14.1 Å². The van der Waals surface area contributed by atoms with Crippen molar-refractivity contribution in [2.75, 3.05) is 19.5 Å². The van der Waals surface area contributed by atoms with E-state index in [9.17, 15) is 21.0 Å². The molecule has 1 aromatic carbocycles. The normalized spacial score (nSPS) is 30.4. The Morgan fingerprint density at radius 3 is 1.80 bits per heavy atom. The number of rotatable bonds is 3. The fourth-order valence-electron chi connectivity index (χ4n) is 1.65. The van der Waals surface area contributed by atoms with Gasteiger partial charge in [-0.2, -0.15) is 0 Å². The number of benzene rings is 1. The summed E-state index contributed by atoms with van der Waals surface area (Å²) in [5.41, 5.74) is 2.40. The molecule has 2 N–H and O–H groups in total. The van der Waals surface area contributed by atoms with Crippen molar-refractivity contribution in [3.8, 4) is 0 Å². The van der Waals surface area contributed by atoms with Crippen LogP contribution in [0.2, 0.25) is 0 Å². The zero-order valence-corrected chi connectivity index (χ0v) is 12.3. The molecule has 118 valence electrons. The Morgan fingerprint density at radius 1 is 0.900 bits per heavy atom. The molecular weight excluding hydrogens is 328 g/mol. The van der Waals surface area contributed by atoms with Crippen molar-refractivity contribution >= 4 is 21.2 Å². The maximum atomic E-state index is 14.3. The Bertz CT molecular complexity index is 489. The molecule has 1 aliphatic heterocycles. The van der Waals surface area contributed by atoms with Crippen molar-refractivity contribution in [3.63, 3.8) is 0 Å². The Morgan fingerprint density at radius 2 is 1.35 bits per heavy atom. The van der Waals surface area contributed by atoms with E-state index in [0.717, 1.165) is 0 Å². The molecule has 0 atom stereocenters. The third-order valence-corrected chi connectivity index (χ3v) is 10.9. The standard InChI is InChI=1S/C8H13F5N4P2.FH/c1-16-18(9,10,11)17(2)19(16,12,13)15-14-8-6-4-3-5-7-8;/h3-7,14-15H,1-2H3;1H. The summed E-state index contributed by atoms with van der Waals surface area (Å²) in [6.45, 7) is 0. The molecule has 0 aromatic heterocycles. The van der Waals surface area contributed by atoms with E-state index in [1.54, 1.807) is 23.4 Å². The molecule has 1 aromatic rings. The fourth-order valence-corrected chi connectivity index (χ4v) is 8.04. The van der Waals surface area contributed by atoms with Gasteiger partial charge < -0.3 is 0 Å². The first-order valence-corrected chi connectivity index (χ1v) is 8.91. The molecular formula is C8H14F6N4P2. The van der Waals surface area contributed by atoms with E-state index < -0.39 is 24.4 Å². The molecule has 20 heavy (non-hydrogen) atoms. The van der Waals surface area contributed by atoms with Crippen LogP contribution in [0.25, 0.3) is 0 Å². The van der Waals surface area contributed by atoms with Gasteiger partial charge in [0, 0.05) is 0 Å². The SMILES string of the molecule is CN1P(F)(F)(F)N(C)P1(F)(F)NNc1ccccc1.F. The molecule has 4 nitrogen and oxygen atoms in total. The van der Waals surface area contributed by atoms with Crippen molar-refractivity contribution in [1.82, 2.24) is 14.1 Å². The van der Waals surface area contributed by atoms with Gasteiger partial charge in [-0.15, -0.1) is 0 Å². The minimum absolute atomic E-state index is 0. The van der Waals surface area contributed by atoms with Crippen LogP contribution in [0.1, 0.15) is 0 Å². The largest absolute Gasteiger partial charge is 0.269 e. The molecule has 1 fully saturated rings. The van der Waals surface area contributed by atoms with Crippen LogP contribution in [0.4, 0.5) is 31.4 Å². The van der Waals surface area contributed by atoms with Gasteiger partial charge in [-0.1, -0.05) is 0 Å². The summed E-state index contributed by atoms with van der Waals surface area (Å²) < 4.78 is 66.9. The average molecular weight is 342 g/mol. The van der Waals surface area contributed by atoms with Crippen LogP contribution in [0.15, 0.2) is 30.3 Å². The summed E-state index contributed by atoms with van der Waals surface area (Å²) in [5.74, 6) is 0. The van der Waals surface area contributed by atoms with E-state index in [1.165, 1.54) is 12.1 Å². The Labute approximate surface area is 112 Å². The van der Waals surface area contributed by atoms with Crippen molar-refractivity contribution in [1.29, 1.82) is 0 Å². The number of hydrogen-bond acceptors (Lipinski definition) is 4. The van der Waals surface area contributed by atoms with Crippen molar-refractivity contribution in [2.45, 2.75) is 0 Å². The third kappa shape index (κ3) is 2.16. The predicted octanol–water partition coefficient (Wildman–Crippen LogP) is 4.74. The number of para-hydroxylation sites is 1. The maximum Gasteiger partial charge on any atom is -0.269 e. The molecule has 0 aliphatic carbocycles. The molecule has 0 unspecified atom stereocenters. The summed E-state index contributed by atoms with van der Waals surface area (Å²) in [5, 5.41) is 1.58. The summed E-state index contributed by atoms with van der Waals surface area (Å²) in [6, 6.07) is 7.75. The monoisotopic (exact) mass is 342 g/mol. The van der Waals surface area contributed by atoms with E-state index in [2.05, 4.69) is 5.43 Å². The van der Waals surface area contributed by atoms with Gasteiger partial charge in [0.15, 0.2) is 0 Å². The van der Waals surface area contributed by atoms with Gasteiger partial charge in [-0.25, -0.2) is 0 Å². The van der Waals surface area contributed by atoms with Gasteiger partial charge in [0.25, 0.3) is 0 Å². The predicted molar refractivity (Wildman–Crippen MR) is 70.6 cm³/mol. The maximum absolute atomic E-state index is 14.3. The molecule has 0 spiro atoms. The number of anilines is 1. The number of hydrazine groups is 1. The first-order chi connectivity index (χ1) is 8.46. The second-order valence-electron chi connectivity index (χ2n) is 4.14. The number of halogens is 6. The zero-order chi connectivity index (χ0) is 14.6. The topological polar surface area (TPSA) is 30.5 Å². The number of hydrogen-bond donors (Lipinski definition) is 2. The number of nitrogens with zero attached hydrogens (tertiary/aromatic N) is 2. The smallest absolute Gasteiger partial charge is 0.269 e.